The van der Waals surface area contributed by atoms with Crippen LogP contribution in [0.3, 0.4) is 0 Å². The first-order valence-corrected chi connectivity index (χ1v) is 9.45. The second-order valence-electron chi connectivity index (χ2n) is 6.27. The molecule has 1 aliphatic carbocycles. The van der Waals surface area contributed by atoms with E-state index in [1.54, 1.807) is 4.31 Å². The minimum absolute atomic E-state index is 0.131. The fourth-order valence-corrected chi connectivity index (χ4v) is 5.54. The van der Waals surface area contributed by atoms with Crippen LogP contribution in [-0.4, -0.2) is 30.8 Å². The zero-order valence-corrected chi connectivity index (χ0v) is 13.7. The average molecular weight is 329 g/mol. The number of pyridine rings is 1. The number of aromatic nitrogens is 1. The van der Waals surface area contributed by atoms with Gasteiger partial charge in [-0.05, 0) is 37.2 Å². The molecule has 0 amide bonds. The predicted octanol–water partition coefficient (Wildman–Crippen LogP) is 3.47. The van der Waals surface area contributed by atoms with Gasteiger partial charge in [0.25, 0.3) is 0 Å². The lowest BCUT2D eigenvalue weighted by Gasteiger charge is -2.43. The van der Waals surface area contributed by atoms with Crippen molar-refractivity contribution < 1.29 is 8.42 Å². The number of nitrogens with zero attached hydrogens (tertiary/aromatic N) is 2. The van der Waals surface area contributed by atoms with Crippen molar-refractivity contribution in [3.8, 4) is 0 Å². The zero-order valence-electron chi connectivity index (χ0n) is 12.1. The van der Waals surface area contributed by atoms with Gasteiger partial charge in [0.2, 0.25) is 10.0 Å². The maximum absolute atomic E-state index is 12.7. The summed E-state index contributed by atoms with van der Waals surface area (Å²) in [5, 5.41) is 0.253. The van der Waals surface area contributed by atoms with Crippen molar-refractivity contribution >= 4 is 21.6 Å². The standard InChI is InChI=1S/C15H21ClN2O2S/c16-13-4-9-17-12-14(13)21(19,20)18-10-7-15(8-11-18)5-2-1-3-6-15/h4,9,12H,1-3,5-8,10-11H2. The highest BCUT2D eigenvalue weighted by Crippen LogP contribution is 2.45. The van der Waals surface area contributed by atoms with Gasteiger partial charge in [-0.1, -0.05) is 30.9 Å². The summed E-state index contributed by atoms with van der Waals surface area (Å²) in [6, 6.07) is 1.53. The minimum Gasteiger partial charge on any atom is -0.263 e. The number of halogens is 1. The summed E-state index contributed by atoms with van der Waals surface area (Å²) in [5.41, 5.74) is 0.392. The fourth-order valence-electron chi connectivity index (χ4n) is 3.69. The first-order valence-electron chi connectivity index (χ1n) is 7.63. The van der Waals surface area contributed by atoms with Crippen LogP contribution >= 0.6 is 11.6 Å². The van der Waals surface area contributed by atoms with E-state index in [1.807, 2.05) is 0 Å². The normalized spacial score (nSPS) is 23.3. The molecule has 1 saturated heterocycles. The van der Waals surface area contributed by atoms with Crippen LogP contribution in [0.5, 0.6) is 0 Å². The molecule has 1 aromatic heterocycles. The Morgan fingerprint density at radius 2 is 1.76 bits per heavy atom. The summed E-state index contributed by atoms with van der Waals surface area (Å²) in [7, 11) is -3.51. The van der Waals surface area contributed by atoms with Gasteiger partial charge in [0.15, 0.2) is 0 Å². The Hall–Kier alpha value is -0.650. The quantitative estimate of drug-likeness (QED) is 0.835. The molecule has 0 unspecified atom stereocenters. The summed E-state index contributed by atoms with van der Waals surface area (Å²) < 4.78 is 26.9. The molecule has 6 heteroatoms. The largest absolute Gasteiger partial charge is 0.263 e. The highest BCUT2D eigenvalue weighted by molar-refractivity contribution is 7.89. The number of rotatable bonds is 2. The SMILES string of the molecule is O=S(=O)(c1cnccc1Cl)N1CCC2(CCCCC2)CC1. The smallest absolute Gasteiger partial charge is 0.246 e. The minimum atomic E-state index is -3.51. The first kappa shape index (κ1) is 15.3. The Bertz CT molecular complexity index is 602. The molecule has 0 N–H and O–H groups in total. The molecule has 1 aliphatic heterocycles. The van der Waals surface area contributed by atoms with Crippen molar-refractivity contribution in [2.75, 3.05) is 13.1 Å². The van der Waals surface area contributed by atoms with Gasteiger partial charge in [-0.15, -0.1) is 0 Å². The molecule has 2 heterocycles. The lowest BCUT2D eigenvalue weighted by Crippen LogP contribution is -2.43. The van der Waals surface area contributed by atoms with Crippen LogP contribution < -0.4 is 0 Å². The number of sulfonamides is 1. The van der Waals surface area contributed by atoms with E-state index in [1.165, 1.54) is 50.6 Å². The van der Waals surface area contributed by atoms with E-state index in [9.17, 15) is 8.42 Å². The van der Waals surface area contributed by atoms with Crippen LogP contribution in [0.25, 0.3) is 0 Å². The van der Waals surface area contributed by atoms with Gasteiger partial charge in [0, 0.05) is 25.5 Å². The molecule has 3 rings (SSSR count). The summed E-state index contributed by atoms with van der Waals surface area (Å²) in [6.45, 7) is 1.21. The van der Waals surface area contributed by atoms with Crippen molar-refractivity contribution in [2.45, 2.75) is 49.8 Å². The highest BCUT2D eigenvalue weighted by Gasteiger charge is 2.39. The molecule has 0 bridgehead atoms. The molecule has 1 saturated carbocycles. The van der Waals surface area contributed by atoms with Crippen LogP contribution in [0.4, 0.5) is 0 Å². The van der Waals surface area contributed by atoms with Crippen molar-refractivity contribution in [3.05, 3.63) is 23.5 Å². The molecule has 2 fully saturated rings. The number of hydrogen-bond acceptors (Lipinski definition) is 3. The molecule has 0 radical (unpaired) electrons. The van der Waals surface area contributed by atoms with Crippen LogP contribution in [0, 0.1) is 5.41 Å². The number of hydrogen-bond donors (Lipinski definition) is 0. The molecule has 1 spiro atoms. The van der Waals surface area contributed by atoms with E-state index in [0.29, 0.717) is 18.5 Å². The van der Waals surface area contributed by atoms with E-state index >= 15 is 0 Å². The zero-order chi connectivity index (χ0) is 14.9. The molecular weight excluding hydrogens is 308 g/mol. The molecule has 21 heavy (non-hydrogen) atoms. The second kappa shape index (κ2) is 5.86. The molecule has 0 aromatic carbocycles. The third kappa shape index (κ3) is 2.96. The third-order valence-electron chi connectivity index (χ3n) is 5.05. The second-order valence-corrected chi connectivity index (χ2v) is 8.58. The molecule has 1 aromatic rings. The summed E-state index contributed by atoms with van der Waals surface area (Å²) in [4.78, 5) is 4.03. The Morgan fingerprint density at radius 1 is 1.10 bits per heavy atom. The van der Waals surface area contributed by atoms with E-state index in [-0.39, 0.29) is 9.92 Å². The van der Waals surface area contributed by atoms with Crippen molar-refractivity contribution in [3.63, 3.8) is 0 Å². The van der Waals surface area contributed by atoms with Gasteiger partial charge in [0.05, 0.1) is 5.02 Å². The summed E-state index contributed by atoms with van der Waals surface area (Å²) >= 11 is 6.02. The summed E-state index contributed by atoms with van der Waals surface area (Å²) in [6.07, 6.45) is 11.2. The Labute approximate surface area is 131 Å². The van der Waals surface area contributed by atoms with Crippen LogP contribution in [0.1, 0.15) is 44.9 Å². The Balaban J connectivity index is 1.76. The van der Waals surface area contributed by atoms with Crippen molar-refractivity contribution in [1.82, 2.24) is 9.29 Å². The molecular formula is C15H21ClN2O2S. The van der Waals surface area contributed by atoms with Gasteiger partial charge in [-0.3, -0.25) is 4.98 Å². The van der Waals surface area contributed by atoms with E-state index in [0.717, 1.165) is 12.8 Å². The predicted molar refractivity (Wildman–Crippen MR) is 82.8 cm³/mol. The van der Waals surface area contributed by atoms with E-state index in [2.05, 4.69) is 4.98 Å². The monoisotopic (exact) mass is 328 g/mol. The topological polar surface area (TPSA) is 50.3 Å². The van der Waals surface area contributed by atoms with Crippen molar-refractivity contribution in [2.24, 2.45) is 5.41 Å². The Kier molecular flexibility index (Phi) is 4.26. The average Bonchev–Trinajstić information content (AvgIpc) is 2.49. The molecule has 2 aliphatic rings. The van der Waals surface area contributed by atoms with Gasteiger partial charge in [-0.2, -0.15) is 4.31 Å². The lowest BCUT2D eigenvalue weighted by molar-refractivity contribution is 0.102. The fraction of sp³-hybridized carbons (Fsp3) is 0.667. The van der Waals surface area contributed by atoms with Crippen LogP contribution in [-0.2, 0) is 10.0 Å². The van der Waals surface area contributed by atoms with Gasteiger partial charge in [0.1, 0.15) is 4.90 Å². The third-order valence-corrected chi connectivity index (χ3v) is 7.42. The summed E-state index contributed by atoms with van der Waals surface area (Å²) in [5.74, 6) is 0. The van der Waals surface area contributed by atoms with E-state index in [4.69, 9.17) is 11.6 Å². The lowest BCUT2D eigenvalue weighted by atomic mass is 9.68. The molecule has 0 atom stereocenters. The van der Waals surface area contributed by atoms with E-state index < -0.39 is 10.0 Å². The highest BCUT2D eigenvalue weighted by atomic mass is 35.5. The maximum atomic E-state index is 12.7. The number of piperidine rings is 1. The van der Waals surface area contributed by atoms with Crippen molar-refractivity contribution in [1.29, 1.82) is 0 Å². The van der Waals surface area contributed by atoms with Gasteiger partial charge >= 0.3 is 0 Å². The molecule has 116 valence electrons. The first-order chi connectivity index (χ1) is 10.0. The van der Waals surface area contributed by atoms with Crippen LogP contribution in [0.15, 0.2) is 23.4 Å². The molecule has 4 nitrogen and oxygen atoms in total. The van der Waals surface area contributed by atoms with Gasteiger partial charge < -0.3 is 0 Å². The Morgan fingerprint density at radius 3 is 2.38 bits per heavy atom. The maximum Gasteiger partial charge on any atom is 0.246 e. The van der Waals surface area contributed by atoms with Gasteiger partial charge in [-0.25, -0.2) is 8.42 Å². The van der Waals surface area contributed by atoms with Crippen LogP contribution in [0.2, 0.25) is 5.02 Å².